The number of primary amides is 1. The van der Waals surface area contributed by atoms with Gasteiger partial charge in [-0.1, -0.05) is 48.5 Å². The van der Waals surface area contributed by atoms with E-state index in [0.29, 0.717) is 12.8 Å². The molecule has 0 saturated heterocycles. The molecule has 0 aliphatic carbocycles. The van der Waals surface area contributed by atoms with Crippen LogP contribution in [0.3, 0.4) is 0 Å². The molecule has 0 spiro atoms. The van der Waals surface area contributed by atoms with E-state index in [1.165, 1.54) is 4.90 Å². The number of aryl methyl sites for hydroxylation is 1. The molecule has 0 aliphatic heterocycles. The van der Waals surface area contributed by atoms with Crippen LogP contribution >= 0.6 is 0 Å². The van der Waals surface area contributed by atoms with Crippen LogP contribution in [0.1, 0.15) is 44.2 Å². The lowest BCUT2D eigenvalue weighted by atomic mass is 9.94. The summed E-state index contributed by atoms with van der Waals surface area (Å²) in [5, 5.41) is 2.70. The number of amides is 3. The molecular formula is C25H33N3O4. The van der Waals surface area contributed by atoms with Gasteiger partial charge in [-0.15, -0.1) is 0 Å². The lowest BCUT2D eigenvalue weighted by Gasteiger charge is -2.23. The highest BCUT2D eigenvalue weighted by Gasteiger charge is 2.24. The Bertz CT molecular complexity index is 929. The van der Waals surface area contributed by atoms with Crippen LogP contribution in [0.25, 0.3) is 11.1 Å². The number of ether oxygens (including phenoxy) is 1. The Morgan fingerprint density at radius 2 is 1.50 bits per heavy atom. The van der Waals surface area contributed by atoms with Crippen LogP contribution in [0.4, 0.5) is 4.79 Å². The number of benzene rings is 2. The summed E-state index contributed by atoms with van der Waals surface area (Å²) in [6.07, 6.45) is 0.391. The topological polar surface area (TPSA) is 102 Å². The van der Waals surface area contributed by atoms with E-state index in [9.17, 15) is 14.4 Å². The van der Waals surface area contributed by atoms with Gasteiger partial charge in [0.1, 0.15) is 5.60 Å². The average molecular weight is 440 g/mol. The Morgan fingerprint density at radius 3 is 1.97 bits per heavy atom. The van der Waals surface area contributed by atoms with E-state index in [2.05, 4.69) is 5.32 Å². The Labute approximate surface area is 189 Å². The largest absolute Gasteiger partial charge is 0.444 e. The lowest BCUT2D eigenvalue weighted by Crippen LogP contribution is -2.39. The highest BCUT2D eigenvalue weighted by Crippen LogP contribution is 2.24. The first-order valence-electron chi connectivity index (χ1n) is 10.6. The molecular weight excluding hydrogens is 406 g/mol. The highest BCUT2D eigenvalue weighted by molar-refractivity contribution is 5.84. The molecule has 0 saturated carbocycles. The van der Waals surface area contributed by atoms with Crippen LogP contribution in [0.2, 0.25) is 0 Å². The molecule has 7 nitrogen and oxygen atoms in total. The van der Waals surface area contributed by atoms with Crippen molar-refractivity contribution in [3.05, 3.63) is 59.7 Å². The molecule has 1 unspecified atom stereocenters. The highest BCUT2D eigenvalue weighted by atomic mass is 16.6. The van der Waals surface area contributed by atoms with Gasteiger partial charge in [0.2, 0.25) is 11.8 Å². The molecule has 3 N–H and O–H groups in total. The average Bonchev–Trinajstić information content (AvgIpc) is 2.71. The quantitative estimate of drug-likeness (QED) is 0.657. The number of rotatable bonds is 8. The van der Waals surface area contributed by atoms with Gasteiger partial charge in [0.15, 0.2) is 0 Å². The van der Waals surface area contributed by atoms with Crippen molar-refractivity contribution in [2.75, 3.05) is 20.6 Å². The van der Waals surface area contributed by atoms with Crippen molar-refractivity contribution in [3.8, 4) is 11.1 Å². The number of nitrogens with one attached hydrogen (secondary N) is 1. The zero-order chi connectivity index (χ0) is 23.9. The number of alkyl carbamates (subject to hydrolysis) is 1. The number of nitrogens with zero attached hydrogens (tertiary/aromatic N) is 1. The molecule has 172 valence electrons. The maximum atomic E-state index is 12.7. The van der Waals surface area contributed by atoms with Crippen LogP contribution in [-0.4, -0.2) is 49.0 Å². The van der Waals surface area contributed by atoms with E-state index in [1.54, 1.807) is 34.9 Å². The number of hydrogen-bond acceptors (Lipinski definition) is 4. The zero-order valence-corrected chi connectivity index (χ0v) is 19.5. The fraction of sp³-hybridized carbons (Fsp3) is 0.400. The monoisotopic (exact) mass is 439 g/mol. The van der Waals surface area contributed by atoms with Crippen molar-refractivity contribution in [3.63, 3.8) is 0 Å². The predicted octanol–water partition coefficient (Wildman–Crippen LogP) is 3.47. The summed E-state index contributed by atoms with van der Waals surface area (Å²) in [7, 11) is 3.38. The SMILES string of the molecule is CN(C)C(=O)C(CNC(=O)OC(C)(C)C)c1ccc(-c2ccc(CCC(N)=O)cc2)cc1. The first-order chi connectivity index (χ1) is 15.0. The van der Waals surface area contributed by atoms with Crippen molar-refractivity contribution in [2.45, 2.75) is 45.1 Å². The fourth-order valence-corrected chi connectivity index (χ4v) is 3.20. The molecule has 32 heavy (non-hydrogen) atoms. The Hall–Kier alpha value is -3.35. The van der Waals surface area contributed by atoms with Crippen LogP contribution < -0.4 is 11.1 Å². The van der Waals surface area contributed by atoms with Gasteiger partial charge >= 0.3 is 6.09 Å². The Kier molecular flexibility index (Phi) is 8.41. The fourth-order valence-electron chi connectivity index (χ4n) is 3.20. The predicted molar refractivity (Wildman–Crippen MR) is 125 cm³/mol. The minimum absolute atomic E-state index is 0.104. The Balaban J connectivity index is 2.13. The summed E-state index contributed by atoms with van der Waals surface area (Å²) in [4.78, 5) is 37.3. The first-order valence-corrected chi connectivity index (χ1v) is 10.6. The van der Waals surface area contributed by atoms with Gasteiger partial charge in [-0.05, 0) is 49.4 Å². The van der Waals surface area contributed by atoms with Gasteiger partial charge in [-0.2, -0.15) is 0 Å². The van der Waals surface area contributed by atoms with E-state index < -0.39 is 17.6 Å². The molecule has 3 amide bonds. The molecule has 0 radical (unpaired) electrons. The van der Waals surface area contributed by atoms with E-state index >= 15 is 0 Å². The second-order valence-corrected chi connectivity index (χ2v) is 8.95. The normalized spacial score (nSPS) is 12.0. The molecule has 0 aliphatic rings. The summed E-state index contributed by atoms with van der Waals surface area (Å²) in [5.74, 6) is -0.942. The molecule has 0 bridgehead atoms. The van der Waals surface area contributed by atoms with E-state index in [1.807, 2.05) is 48.5 Å². The van der Waals surface area contributed by atoms with Gasteiger partial charge in [-0.3, -0.25) is 9.59 Å². The molecule has 0 fully saturated rings. The molecule has 0 aromatic heterocycles. The van der Waals surface area contributed by atoms with Crippen molar-refractivity contribution >= 4 is 17.9 Å². The maximum Gasteiger partial charge on any atom is 0.407 e. The summed E-state index contributed by atoms with van der Waals surface area (Å²) < 4.78 is 5.28. The van der Waals surface area contributed by atoms with Crippen molar-refractivity contribution in [1.82, 2.24) is 10.2 Å². The number of nitrogens with two attached hydrogens (primary N) is 1. The van der Waals surface area contributed by atoms with Gasteiger partial charge < -0.3 is 20.7 Å². The molecule has 0 heterocycles. The van der Waals surface area contributed by atoms with Crippen molar-refractivity contribution in [2.24, 2.45) is 5.73 Å². The second-order valence-electron chi connectivity index (χ2n) is 8.95. The third-order valence-corrected chi connectivity index (χ3v) is 4.85. The number of hydrogen-bond donors (Lipinski definition) is 2. The minimum Gasteiger partial charge on any atom is -0.444 e. The summed E-state index contributed by atoms with van der Waals surface area (Å²) in [6, 6.07) is 15.7. The maximum absolute atomic E-state index is 12.7. The molecule has 2 aromatic carbocycles. The summed E-state index contributed by atoms with van der Waals surface area (Å²) >= 11 is 0. The van der Waals surface area contributed by atoms with Crippen LogP contribution in [-0.2, 0) is 20.7 Å². The van der Waals surface area contributed by atoms with Gasteiger partial charge in [0.25, 0.3) is 0 Å². The van der Waals surface area contributed by atoms with E-state index in [4.69, 9.17) is 10.5 Å². The molecule has 7 heteroatoms. The molecule has 1 atom stereocenters. The summed E-state index contributed by atoms with van der Waals surface area (Å²) in [6.45, 7) is 5.51. The van der Waals surface area contributed by atoms with Crippen molar-refractivity contribution in [1.29, 1.82) is 0 Å². The van der Waals surface area contributed by atoms with Gasteiger partial charge in [-0.25, -0.2) is 4.79 Å². The minimum atomic E-state index is -0.609. The summed E-state index contributed by atoms with van der Waals surface area (Å²) in [5.41, 5.74) is 8.49. The van der Waals surface area contributed by atoms with Gasteiger partial charge in [0.05, 0.1) is 5.92 Å². The standard InChI is InChI=1S/C25H33N3O4/c1-25(2,3)32-24(31)27-16-21(23(30)28(4)5)20-13-11-19(12-14-20)18-9-6-17(7-10-18)8-15-22(26)29/h6-7,9-14,21H,8,15-16H2,1-5H3,(H2,26,29)(H,27,31). The smallest absolute Gasteiger partial charge is 0.407 e. The second kappa shape index (κ2) is 10.8. The zero-order valence-electron chi connectivity index (χ0n) is 19.5. The molecule has 2 aromatic rings. The van der Waals surface area contributed by atoms with Crippen LogP contribution in [0.15, 0.2) is 48.5 Å². The first kappa shape index (κ1) is 24.9. The van der Waals surface area contributed by atoms with E-state index in [0.717, 1.165) is 22.3 Å². The number of likely N-dealkylation sites (N-methyl/N-ethyl adjacent to an activating group) is 1. The lowest BCUT2D eigenvalue weighted by molar-refractivity contribution is -0.130. The van der Waals surface area contributed by atoms with Crippen molar-refractivity contribution < 1.29 is 19.1 Å². The Morgan fingerprint density at radius 1 is 0.969 bits per heavy atom. The van der Waals surface area contributed by atoms with Gasteiger partial charge in [0, 0.05) is 27.1 Å². The molecule has 2 rings (SSSR count). The third kappa shape index (κ3) is 7.72. The van der Waals surface area contributed by atoms with E-state index in [-0.39, 0.29) is 18.4 Å². The van der Waals surface area contributed by atoms with Crippen LogP contribution in [0, 0.1) is 0 Å². The number of carbonyl (C=O) groups is 3. The third-order valence-electron chi connectivity index (χ3n) is 4.85. The van der Waals surface area contributed by atoms with Crippen LogP contribution in [0.5, 0.6) is 0 Å². The number of carbonyl (C=O) groups excluding carboxylic acids is 3.